The molecule has 3 heteroatoms. The molecule has 0 amide bonds. The molecule has 0 aliphatic rings. The van der Waals surface area contributed by atoms with E-state index in [1.807, 2.05) is 12.1 Å². The zero-order valence-electron chi connectivity index (χ0n) is 11.4. The maximum atomic E-state index is 6.37. The lowest BCUT2D eigenvalue weighted by molar-refractivity contribution is 0.408. The zero-order chi connectivity index (χ0) is 14.0. The van der Waals surface area contributed by atoms with Crippen molar-refractivity contribution in [3.05, 3.63) is 63.7 Å². The Morgan fingerprint density at radius 3 is 2.37 bits per heavy atom. The molecule has 0 spiro atoms. The summed E-state index contributed by atoms with van der Waals surface area (Å²) in [6, 6.07) is 11.6. The molecule has 1 atom stereocenters. The Balaban J connectivity index is 2.46. The number of hydrogen-bond acceptors (Lipinski definition) is 2. The van der Waals surface area contributed by atoms with Gasteiger partial charge in [0.2, 0.25) is 0 Å². The summed E-state index contributed by atoms with van der Waals surface area (Å²) in [6.07, 6.45) is 0. The summed E-state index contributed by atoms with van der Waals surface area (Å²) < 4.78 is 5.37. The Kier molecular flexibility index (Phi) is 4.13. The first-order valence-corrected chi connectivity index (χ1v) is 6.57. The van der Waals surface area contributed by atoms with Gasteiger partial charge >= 0.3 is 0 Å². The molecule has 100 valence electrons. The van der Waals surface area contributed by atoms with Gasteiger partial charge in [-0.2, -0.15) is 0 Å². The first kappa shape index (κ1) is 13.9. The highest BCUT2D eigenvalue weighted by Gasteiger charge is 2.16. The van der Waals surface area contributed by atoms with E-state index in [2.05, 4.69) is 32.0 Å². The van der Waals surface area contributed by atoms with Gasteiger partial charge < -0.3 is 10.5 Å². The van der Waals surface area contributed by atoms with Gasteiger partial charge in [0.1, 0.15) is 5.75 Å². The molecule has 0 bridgehead atoms. The largest absolute Gasteiger partial charge is 0.496 e. The van der Waals surface area contributed by atoms with Gasteiger partial charge in [-0.1, -0.05) is 41.4 Å². The van der Waals surface area contributed by atoms with Crippen LogP contribution < -0.4 is 10.5 Å². The zero-order valence-corrected chi connectivity index (χ0v) is 12.2. The molecule has 2 aromatic rings. The Morgan fingerprint density at radius 2 is 1.74 bits per heavy atom. The Morgan fingerprint density at radius 1 is 1.05 bits per heavy atom. The predicted molar refractivity (Wildman–Crippen MR) is 80.0 cm³/mol. The van der Waals surface area contributed by atoms with Crippen LogP contribution in [0.15, 0.2) is 36.4 Å². The van der Waals surface area contributed by atoms with E-state index in [0.29, 0.717) is 5.02 Å². The highest BCUT2D eigenvalue weighted by molar-refractivity contribution is 6.30. The number of nitrogens with two attached hydrogens (primary N) is 1. The van der Waals surface area contributed by atoms with Gasteiger partial charge in [-0.05, 0) is 37.1 Å². The van der Waals surface area contributed by atoms with Crippen LogP contribution in [0.4, 0.5) is 0 Å². The summed E-state index contributed by atoms with van der Waals surface area (Å²) in [5.41, 5.74) is 10.8. The van der Waals surface area contributed by atoms with Crippen LogP contribution >= 0.6 is 11.6 Å². The quantitative estimate of drug-likeness (QED) is 0.918. The molecular formula is C16H18ClNO. The van der Waals surface area contributed by atoms with Gasteiger partial charge in [0.25, 0.3) is 0 Å². The second kappa shape index (κ2) is 5.64. The molecule has 0 aliphatic carbocycles. The SMILES string of the molecule is COc1cc(Cl)ccc1C(N)c1ccc(C)cc1C. The molecule has 2 N–H and O–H groups in total. The number of benzene rings is 2. The fourth-order valence-corrected chi connectivity index (χ4v) is 2.45. The van der Waals surface area contributed by atoms with Gasteiger partial charge in [-0.15, -0.1) is 0 Å². The molecule has 19 heavy (non-hydrogen) atoms. The Labute approximate surface area is 119 Å². The van der Waals surface area contributed by atoms with Crippen molar-refractivity contribution in [2.75, 3.05) is 7.11 Å². The fourth-order valence-electron chi connectivity index (χ4n) is 2.28. The van der Waals surface area contributed by atoms with Crippen LogP contribution in [-0.2, 0) is 0 Å². The van der Waals surface area contributed by atoms with E-state index in [1.165, 1.54) is 11.1 Å². The molecular weight excluding hydrogens is 258 g/mol. The smallest absolute Gasteiger partial charge is 0.125 e. The number of methoxy groups -OCH3 is 1. The van der Waals surface area contributed by atoms with Gasteiger partial charge in [-0.3, -0.25) is 0 Å². The number of aryl methyl sites for hydroxylation is 2. The molecule has 0 aromatic heterocycles. The van der Waals surface area contributed by atoms with Crippen molar-refractivity contribution in [3.8, 4) is 5.75 Å². The minimum absolute atomic E-state index is 0.215. The van der Waals surface area contributed by atoms with Crippen molar-refractivity contribution < 1.29 is 4.74 Å². The van der Waals surface area contributed by atoms with Crippen molar-refractivity contribution >= 4 is 11.6 Å². The average Bonchev–Trinajstić information content (AvgIpc) is 2.37. The molecule has 0 aliphatic heterocycles. The van der Waals surface area contributed by atoms with Gasteiger partial charge in [0, 0.05) is 10.6 Å². The van der Waals surface area contributed by atoms with Crippen LogP contribution in [-0.4, -0.2) is 7.11 Å². The summed E-state index contributed by atoms with van der Waals surface area (Å²) in [5.74, 6) is 0.722. The number of halogens is 1. The lowest BCUT2D eigenvalue weighted by atomic mass is 9.94. The molecule has 0 saturated carbocycles. The molecule has 1 unspecified atom stereocenters. The van der Waals surface area contributed by atoms with Gasteiger partial charge in [-0.25, -0.2) is 0 Å². The van der Waals surface area contributed by atoms with E-state index in [4.69, 9.17) is 22.1 Å². The van der Waals surface area contributed by atoms with E-state index in [1.54, 1.807) is 13.2 Å². The molecule has 2 nitrogen and oxygen atoms in total. The standard InChI is InChI=1S/C16H18ClNO/c1-10-4-6-13(11(2)8-10)16(18)14-7-5-12(17)9-15(14)19-3/h4-9,16H,18H2,1-3H3. The summed E-state index contributed by atoms with van der Waals surface area (Å²) in [6.45, 7) is 4.15. The second-order valence-corrected chi connectivity index (χ2v) is 5.16. The summed E-state index contributed by atoms with van der Waals surface area (Å²) in [5, 5.41) is 0.647. The van der Waals surface area contributed by atoms with Crippen LogP contribution in [0.25, 0.3) is 0 Å². The lowest BCUT2D eigenvalue weighted by Crippen LogP contribution is -2.14. The van der Waals surface area contributed by atoms with Crippen LogP contribution in [0.5, 0.6) is 5.75 Å². The van der Waals surface area contributed by atoms with E-state index in [-0.39, 0.29) is 6.04 Å². The number of rotatable bonds is 3. The number of ether oxygens (including phenoxy) is 1. The molecule has 0 heterocycles. The van der Waals surface area contributed by atoms with Crippen LogP contribution in [0.3, 0.4) is 0 Å². The van der Waals surface area contributed by atoms with Gasteiger partial charge in [0.15, 0.2) is 0 Å². The molecule has 2 aromatic carbocycles. The fraction of sp³-hybridized carbons (Fsp3) is 0.250. The third kappa shape index (κ3) is 2.91. The predicted octanol–water partition coefficient (Wildman–Crippen LogP) is 4.01. The topological polar surface area (TPSA) is 35.2 Å². The average molecular weight is 276 g/mol. The van der Waals surface area contributed by atoms with E-state index >= 15 is 0 Å². The Bertz CT molecular complexity index is 595. The summed E-state index contributed by atoms with van der Waals surface area (Å²) >= 11 is 5.98. The van der Waals surface area contributed by atoms with Crippen molar-refractivity contribution in [3.63, 3.8) is 0 Å². The molecule has 0 saturated heterocycles. The van der Waals surface area contributed by atoms with Crippen molar-refractivity contribution in [2.24, 2.45) is 5.73 Å². The Hall–Kier alpha value is -1.51. The van der Waals surface area contributed by atoms with E-state index < -0.39 is 0 Å². The highest BCUT2D eigenvalue weighted by atomic mass is 35.5. The van der Waals surface area contributed by atoms with Crippen molar-refractivity contribution in [2.45, 2.75) is 19.9 Å². The van der Waals surface area contributed by atoms with Crippen LogP contribution in [0, 0.1) is 13.8 Å². The van der Waals surface area contributed by atoms with Gasteiger partial charge in [0.05, 0.1) is 13.2 Å². The highest BCUT2D eigenvalue weighted by Crippen LogP contribution is 2.32. The normalized spacial score (nSPS) is 12.3. The van der Waals surface area contributed by atoms with Crippen molar-refractivity contribution in [1.82, 2.24) is 0 Å². The van der Waals surface area contributed by atoms with Crippen LogP contribution in [0.1, 0.15) is 28.3 Å². The first-order valence-electron chi connectivity index (χ1n) is 6.19. The third-order valence-electron chi connectivity index (χ3n) is 3.29. The van der Waals surface area contributed by atoms with Crippen LogP contribution in [0.2, 0.25) is 5.02 Å². The third-order valence-corrected chi connectivity index (χ3v) is 3.53. The van der Waals surface area contributed by atoms with Crippen molar-refractivity contribution in [1.29, 1.82) is 0 Å². The molecule has 0 radical (unpaired) electrons. The summed E-state index contributed by atoms with van der Waals surface area (Å²) in [7, 11) is 1.63. The lowest BCUT2D eigenvalue weighted by Gasteiger charge is -2.18. The van der Waals surface area contributed by atoms with E-state index in [0.717, 1.165) is 16.9 Å². The first-order chi connectivity index (χ1) is 9.02. The summed E-state index contributed by atoms with van der Waals surface area (Å²) in [4.78, 5) is 0. The number of hydrogen-bond donors (Lipinski definition) is 1. The minimum atomic E-state index is -0.215. The minimum Gasteiger partial charge on any atom is -0.496 e. The molecule has 0 fully saturated rings. The maximum absolute atomic E-state index is 6.37. The van der Waals surface area contributed by atoms with E-state index in [9.17, 15) is 0 Å². The maximum Gasteiger partial charge on any atom is 0.125 e. The monoisotopic (exact) mass is 275 g/mol. The molecule has 2 rings (SSSR count). The second-order valence-electron chi connectivity index (χ2n) is 4.72.